The maximum absolute atomic E-state index is 11.7. The minimum Gasteiger partial charge on any atom is -0.388 e. The quantitative estimate of drug-likeness (QED) is 0.801. The number of nitrogens with one attached hydrogen (secondary N) is 1. The highest BCUT2D eigenvalue weighted by Crippen LogP contribution is 2.15. The van der Waals surface area contributed by atoms with E-state index in [0.29, 0.717) is 12.3 Å². The van der Waals surface area contributed by atoms with Crippen LogP contribution in [0.3, 0.4) is 0 Å². The van der Waals surface area contributed by atoms with Gasteiger partial charge in [-0.25, -0.2) is 4.98 Å². The molecule has 1 heterocycles. The molecule has 2 N–H and O–H groups in total. The number of carbonyl (C=O) groups excluding carboxylic acids is 1. The van der Waals surface area contributed by atoms with Gasteiger partial charge in [0.25, 0.3) is 5.91 Å². The largest absolute Gasteiger partial charge is 0.388 e. The highest BCUT2D eigenvalue weighted by molar-refractivity contribution is 5.91. The van der Waals surface area contributed by atoms with E-state index in [-0.39, 0.29) is 18.1 Å². The Balaban J connectivity index is 2.48. The van der Waals surface area contributed by atoms with Gasteiger partial charge in [-0.1, -0.05) is 13.8 Å². The van der Waals surface area contributed by atoms with Crippen LogP contribution in [0.4, 0.5) is 0 Å². The number of nitrogens with zero attached hydrogens (tertiary/aromatic N) is 2. The summed E-state index contributed by atoms with van der Waals surface area (Å²) in [6.45, 7) is 5.97. The summed E-state index contributed by atoms with van der Waals surface area (Å²) in [6.07, 6.45) is 4.99. The zero-order valence-corrected chi connectivity index (χ0v) is 10.5. The number of hydrogen-bond donors (Lipinski definition) is 2. The summed E-state index contributed by atoms with van der Waals surface area (Å²) in [7, 11) is 0. The third-order valence-electron chi connectivity index (χ3n) is 2.27. The summed E-state index contributed by atoms with van der Waals surface area (Å²) in [5.41, 5.74) is -0.640. The van der Waals surface area contributed by atoms with Crippen LogP contribution in [0.2, 0.25) is 0 Å². The number of aromatic nitrogens is 2. The van der Waals surface area contributed by atoms with Crippen molar-refractivity contribution in [3.05, 3.63) is 24.3 Å². The molecule has 1 unspecified atom stereocenters. The fourth-order valence-corrected chi connectivity index (χ4v) is 1.73. The second-order valence-corrected chi connectivity index (χ2v) is 4.87. The highest BCUT2D eigenvalue weighted by atomic mass is 16.3. The fraction of sp³-hybridized carbons (Fsp3) is 0.583. The predicted molar refractivity (Wildman–Crippen MR) is 64.4 cm³/mol. The van der Waals surface area contributed by atoms with Crippen LogP contribution in [0.5, 0.6) is 0 Å². The van der Waals surface area contributed by atoms with Gasteiger partial charge in [0.15, 0.2) is 0 Å². The third-order valence-corrected chi connectivity index (χ3v) is 2.27. The van der Waals surface area contributed by atoms with Crippen molar-refractivity contribution >= 4 is 5.91 Å². The summed E-state index contributed by atoms with van der Waals surface area (Å²) in [5, 5.41) is 12.7. The molecule has 5 heteroatoms. The molecule has 0 aliphatic rings. The molecule has 0 fully saturated rings. The average Bonchev–Trinajstić information content (AvgIpc) is 2.25. The zero-order chi connectivity index (χ0) is 12.9. The highest BCUT2D eigenvalue weighted by Gasteiger charge is 2.22. The van der Waals surface area contributed by atoms with Gasteiger partial charge in [-0.05, 0) is 19.3 Å². The first-order chi connectivity index (χ1) is 7.91. The van der Waals surface area contributed by atoms with E-state index in [0.717, 1.165) is 0 Å². The maximum Gasteiger partial charge on any atom is 0.271 e. The van der Waals surface area contributed by atoms with Crippen molar-refractivity contribution in [2.45, 2.75) is 32.8 Å². The van der Waals surface area contributed by atoms with E-state index in [4.69, 9.17) is 0 Å². The van der Waals surface area contributed by atoms with Crippen molar-refractivity contribution in [3.8, 4) is 0 Å². The topological polar surface area (TPSA) is 75.1 Å². The normalized spacial score (nSPS) is 14.4. The first-order valence-corrected chi connectivity index (χ1v) is 5.67. The maximum atomic E-state index is 11.7. The van der Waals surface area contributed by atoms with Gasteiger partial charge in [0.2, 0.25) is 0 Å². The van der Waals surface area contributed by atoms with Gasteiger partial charge in [-0.3, -0.25) is 9.78 Å². The van der Waals surface area contributed by atoms with Gasteiger partial charge >= 0.3 is 0 Å². The molecular weight excluding hydrogens is 218 g/mol. The van der Waals surface area contributed by atoms with E-state index in [1.807, 2.05) is 13.8 Å². The lowest BCUT2D eigenvalue weighted by Crippen LogP contribution is -2.41. The Morgan fingerprint density at radius 2 is 2.24 bits per heavy atom. The number of hydrogen-bond acceptors (Lipinski definition) is 4. The Labute approximate surface area is 101 Å². The number of carbonyl (C=O) groups is 1. The lowest BCUT2D eigenvalue weighted by atomic mass is 9.94. The van der Waals surface area contributed by atoms with Gasteiger partial charge in [0.1, 0.15) is 5.69 Å². The van der Waals surface area contributed by atoms with Gasteiger partial charge in [-0.2, -0.15) is 0 Å². The zero-order valence-electron chi connectivity index (χ0n) is 10.5. The molecule has 0 aliphatic carbocycles. The summed E-state index contributed by atoms with van der Waals surface area (Å²) >= 11 is 0. The van der Waals surface area contributed by atoms with Gasteiger partial charge in [-0.15, -0.1) is 0 Å². The summed E-state index contributed by atoms with van der Waals surface area (Å²) < 4.78 is 0. The first-order valence-electron chi connectivity index (χ1n) is 5.67. The molecule has 0 aliphatic heterocycles. The molecule has 1 rings (SSSR count). The van der Waals surface area contributed by atoms with Crippen molar-refractivity contribution in [1.29, 1.82) is 0 Å². The SMILES string of the molecule is CC(C)CC(C)(O)CNC(=O)c1cnccn1. The van der Waals surface area contributed by atoms with Crippen LogP contribution in [-0.4, -0.2) is 33.1 Å². The molecule has 17 heavy (non-hydrogen) atoms. The molecule has 0 radical (unpaired) electrons. The van der Waals surface area contributed by atoms with E-state index in [1.54, 1.807) is 6.92 Å². The van der Waals surface area contributed by atoms with E-state index in [9.17, 15) is 9.90 Å². The monoisotopic (exact) mass is 237 g/mol. The standard InChI is InChI=1S/C12H19N3O2/c1-9(2)6-12(3,17)8-15-11(16)10-7-13-4-5-14-10/h4-5,7,9,17H,6,8H2,1-3H3,(H,15,16). The molecule has 0 bridgehead atoms. The van der Waals surface area contributed by atoms with E-state index in [2.05, 4.69) is 15.3 Å². The van der Waals surface area contributed by atoms with Crippen molar-refractivity contribution in [2.24, 2.45) is 5.92 Å². The van der Waals surface area contributed by atoms with Gasteiger partial charge in [0.05, 0.1) is 11.8 Å². The Hall–Kier alpha value is -1.49. The minimum atomic E-state index is -0.897. The summed E-state index contributed by atoms with van der Waals surface area (Å²) in [5.74, 6) is 0.0561. The molecule has 0 aromatic carbocycles. The van der Waals surface area contributed by atoms with Crippen molar-refractivity contribution in [1.82, 2.24) is 15.3 Å². The van der Waals surface area contributed by atoms with Gasteiger partial charge in [0, 0.05) is 18.9 Å². The van der Waals surface area contributed by atoms with Crippen LogP contribution in [0, 0.1) is 5.92 Å². The van der Waals surface area contributed by atoms with Crippen molar-refractivity contribution in [2.75, 3.05) is 6.54 Å². The summed E-state index contributed by atoms with van der Waals surface area (Å²) in [4.78, 5) is 19.3. The second-order valence-electron chi connectivity index (χ2n) is 4.87. The average molecular weight is 237 g/mol. The van der Waals surface area contributed by atoms with Gasteiger partial charge < -0.3 is 10.4 Å². The fourth-order valence-electron chi connectivity index (χ4n) is 1.73. The van der Waals surface area contributed by atoms with E-state index < -0.39 is 5.60 Å². The molecule has 5 nitrogen and oxygen atoms in total. The van der Waals surface area contributed by atoms with Crippen LogP contribution in [0.25, 0.3) is 0 Å². The second kappa shape index (κ2) is 5.72. The Morgan fingerprint density at radius 1 is 1.53 bits per heavy atom. The van der Waals surface area contributed by atoms with Crippen LogP contribution in [0.15, 0.2) is 18.6 Å². The lowest BCUT2D eigenvalue weighted by Gasteiger charge is -2.25. The van der Waals surface area contributed by atoms with Crippen molar-refractivity contribution in [3.63, 3.8) is 0 Å². The molecular formula is C12H19N3O2. The van der Waals surface area contributed by atoms with Crippen molar-refractivity contribution < 1.29 is 9.90 Å². The minimum absolute atomic E-state index is 0.209. The van der Waals surface area contributed by atoms with Crippen LogP contribution < -0.4 is 5.32 Å². The first kappa shape index (κ1) is 13.6. The van der Waals surface area contributed by atoms with E-state index >= 15 is 0 Å². The predicted octanol–water partition coefficient (Wildman–Crippen LogP) is 1.00. The number of aliphatic hydroxyl groups is 1. The molecule has 1 aromatic heterocycles. The molecule has 0 saturated carbocycles. The molecule has 0 spiro atoms. The van der Waals surface area contributed by atoms with Crippen LogP contribution in [-0.2, 0) is 0 Å². The Bertz CT molecular complexity index is 363. The smallest absolute Gasteiger partial charge is 0.271 e. The van der Waals surface area contributed by atoms with E-state index in [1.165, 1.54) is 18.6 Å². The Morgan fingerprint density at radius 3 is 2.76 bits per heavy atom. The third kappa shape index (κ3) is 4.91. The Kier molecular flexibility index (Phi) is 4.57. The molecule has 1 amide bonds. The number of rotatable bonds is 5. The molecule has 94 valence electrons. The lowest BCUT2D eigenvalue weighted by molar-refractivity contribution is 0.0367. The molecule has 1 aromatic rings. The molecule has 0 saturated heterocycles. The molecule has 1 atom stereocenters. The summed E-state index contributed by atoms with van der Waals surface area (Å²) in [6, 6.07) is 0. The number of amides is 1. The van der Waals surface area contributed by atoms with Crippen LogP contribution >= 0.6 is 0 Å². The van der Waals surface area contributed by atoms with Crippen LogP contribution in [0.1, 0.15) is 37.7 Å².